The average molecular weight is 226 g/mol. The van der Waals surface area contributed by atoms with Crippen molar-refractivity contribution in [2.75, 3.05) is 13.7 Å². The van der Waals surface area contributed by atoms with Crippen molar-refractivity contribution in [3.63, 3.8) is 0 Å². The summed E-state index contributed by atoms with van der Waals surface area (Å²) in [6, 6.07) is 7.07. The summed E-state index contributed by atoms with van der Waals surface area (Å²) in [6.07, 6.45) is 0. The van der Waals surface area contributed by atoms with Crippen LogP contribution in [0.1, 0.15) is 11.6 Å². The van der Waals surface area contributed by atoms with E-state index in [1.165, 1.54) is 0 Å². The Hall–Kier alpha value is -1.33. The molecule has 1 atom stereocenters. The van der Waals surface area contributed by atoms with Gasteiger partial charge in [-0.2, -0.15) is 0 Å². The second kappa shape index (κ2) is 5.53. The zero-order chi connectivity index (χ0) is 11.3. The molecule has 0 amide bonds. The van der Waals surface area contributed by atoms with E-state index in [1.807, 2.05) is 24.3 Å². The van der Waals surface area contributed by atoms with Crippen LogP contribution in [-0.2, 0) is 0 Å². The number of nitrogens with one attached hydrogen (secondary N) is 1. The van der Waals surface area contributed by atoms with Gasteiger partial charge in [0.1, 0.15) is 5.75 Å². The Morgan fingerprint density at radius 2 is 2.13 bits per heavy atom. The van der Waals surface area contributed by atoms with Gasteiger partial charge in [-0.1, -0.05) is 12.1 Å². The first-order chi connectivity index (χ1) is 7.17. The predicted octanol–water partition coefficient (Wildman–Crippen LogP) is 0.562. The number of hydrogen-bond acceptors (Lipinski definition) is 3. The zero-order valence-corrected chi connectivity index (χ0v) is 9.25. The SMILES string of the molecule is COc1ccc(C(CO)NC(N)=S)cc1. The molecule has 0 saturated carbocycles. The number of hydrogen-bond donors (Lipinski definition) is 3. The average Bonchev–Trinajstić information content (AvgIpc) is 2.26. The van der Waals surface area contributed by atoms with Crippen molar-refractivity contribution in [2.24, 2.45) is 5.73 Å². The topological polar surface area (TPSA) is 67.5 Å². The lowest BCUT2D eigenvalue weighted by Crippen LogP contribution is -2.34. The summed E-state index contributed by atoms with van der Waals surface area (Å²) in [6.45, 7) is -0.0658. The van der Waals surface area contributed by atoms with Crippen LogP contribution in [0.25, 0.3) is 0 Å². The Morgan fingerprint density at radius 1 is 1.53 bits per heavy atom. The predicted molar refractivity (Wildman–Crippen MR) is 62.7 cm³/mol. The fraction of sp³-hybridized carbons (Fsp3) is 0.300. The lowest BCUT2D eigenvalue weighted by molar-refractivity contribution is 0.258. The Labute approximate surface area is 94.0 Å². The monoisotopic (exact) mass is 226 g/mol. The summed E-state index contributed by atoms with van der Waals surface area (Å²) < 4.78 is 5.03. The Kier molecular flexibility index (Phi) is 4.33. The maximum Gasteiger partial charge on any atom is 0.164 e. The van der Waals surface area contributed by atoms with Crippen LogP contribution < -0.4 is 15.8 Å². The highest BCUT2D eigenvalue weighted by atomic mass is 32.1. The molecule has 82 valence electrons. The fourth-order valence-electron chi connectivity index (χ4n) is 1.24. The molecule has 1 rings (SSSR count). The number of rotatable bonds is 4. The Morgan fingerprint density at radius 3 is 2.53 bits per heavy atom. The minimum atomic E-state index is -0.270. The van der Waals surface area contributed by atoms with Gasteiger partial charge in [0.2, 0.25) is 0 Å². The van der Waals surface area contributed by atoms with Gasteiger partial charge >= 0.3 is 0 Å². The summed E-state index contributed by atoms with van der Waals surface area (Å²) in [5.74, 6) is 0.769. The van der Waals surface area contributed by atoms with Gasteiger partial charge in [0, 0.05) is 0 Å². The first kappa shape index (κ1) is 11.7. The van der Waals surface area contributed by atoms with E-state index in [0.717, 1.165) is 11.3 Å². The summed E-state index contributed by atoms with van der Waals surface area (Å²) in [7, 11) is 1.60. The van der Waals surface area contributed by atoms with Gasteiger partial charge in [0.15, 0.2) is 5.11 Å². The maximum atomic E-state index is 9.15. The number of nitrogens with two attached hydrogens (primary N) is 1. The van der Waals surface area contributed by atoms with Crippen LogP contribution in [0.4, 0.5) is 0 Å². The second-order valence-corrected chi connectivity index (χ2v) is 3.46. The van der Waals surface area contributed by atoms with E-state index in [9.17, 15) is 0 Å². The molecule has 4 nitrogen and oxygen atoms in total. The maximum absolute atomic E-state index is 9.15. The van der Waals surface area contributed by atoms with Crippen molar-refractivity contribution in [2.45, 2.75) is 6.04 Å². The molecule has 5 heteroatoms. The number of benzene rings is 1. The molecule has 1 aromatic carbocycles. The molecule has 0 aromatic heterocycles. The molecule has 0 radical (unpaired) electrons. The molecule has 1 unspecified atom stereocenters. The van der Waals surface area contributed by atoms with Crippen LogP contribution in [0, 0.1) is 0 Å². The number of ether oxygens (including phenoxy) is 1. The van der Waals surface area contributed by atoms with Gasteiger partial charge in [-0.25, -0.2) is 0 Å². The van der Waals surface area contributed by atoms with Gasteiger partial charge in [-0.15, -0.1) is 0 Å². The molecule has 15 heavy (non-hydrogen) atoms. The van der Waals surface area contributed by atoms with Crippen molar-refractivity contribution in [3.8, 4) is 5.75 Å². The van der Waals surface area contributed by atoms with Gasteiger partial charge in [-0.05, 0) is 29.9 Å². The van der Waals surface area contributed by atoms with Crippen LogP contribution in [0.2, 0.25) is 0 Å². The molecular weight excluding hydrogens is 212 g/mol. The molecule has 0 fully saturated rings. The van der Waals surface area contributed by atoms with Crippen LogP contribution >= 0.6 is 12.2 Å². The van der Waals surface area contributed by atoms with Crippen LogP contribution in [0.5, 0.6) is 5.75 Å². The normalized spacial score (nSPS) is 11.9. The van der Waals surface area contributed by atoms with Crippen LogP contribution in [-0.4, -0.2) is 23.9 Å². The van der Waals surface area contributed by atoms with E-state index < -0.39 is 0 Å². The Balaban J connectivity index is 2.78. The quantitative estimate of drug-likeness (QED) is 0.655. The molecular formula is C10H14N2O2S. The fourth-order valence-corrected chi connectivity index (χ4v) is 1.38. The molecule has 0 bridgehead atoms. The summed E-state index contributed by atoms with van der Waals surface area (Å²) >= 11 is 4.72. The smallest absolute Gasteiger partial charge is 0.164 e. The van der Waals surface area contributed by atoms with Crippen molar-refractivity contribution >= 4 is 17.3 Å². The van der Waals surface area contributed by atoms with Crippen LogP contribution in [0.15, 0.2) is 24.3 Å². The zero-order valence-electron chi connectivity index (χ0n) is 8.43. The highest BCUT2D eigenvalue weighted by Crippen LogP contribution is 2.17. The van der Waals surface area contributed by atoms with E-state index in [2.05, 4.69) is 5.32 Å². The van der Waals surface area contributed by atoms with Gasteiger partial charge in [0.25, 0.3) is 0 Å². The summed E-state index contributed by atoms with van der Waals surface area (Å²) in [5, 5.41) is 12.1. The third kappa shape index (κ3) is 3.38. The first-order valence-corrected chi connectivity index (χ1v) is 4.89. The second-order valence-electron chi connectivity index (χ2n) is 3.02. The first-order valence-electron chi connectivity index (χ1n) is 4.48. The van der Waals surface area contributed by atoms with Crippen molar-refractivity contribution in [3.05, 3.63) is 29.8 Å². The molecule has 0 spiro atoms. The molecule has 0 saturated heterocycles. The standard InChI is InChI=1S/C10H14N2O2S/c1-14-8-4-2-7(3-5-8)9(6-13)12-10(11)15/h2-5,9,13H,6H2,1H3,(H3,11,12,15). The number of aliphatic hydroxyl groups excluding tert-OH is 1. The largest absolute Gasteiger partial charge is 0.497 e. The lowest BCUT2D eigenvalue weighted by Gasteiger charge is -2.16. The molecule has 0 heterocycles. The highest BCUT2D eigenvalue weighted by Gasteiger charge is 2.09. The van der Waals surface area contributed by atoms with Crippen molar-refractivity contribution < 1.29 is 9.84 Å². The lowest BCUT2D eigenvalue weighted by atomic mass is 10.1. The molecule has 4 N–H and O–H groups in total. The van der Waals surface area contributed by atoms with Crippen molar-refractivity contribution in [1.29, 1.82) is 0 Å². The van der Waals surface area contributed by atoms with E-state index >= 15 is 0 Å². The van der Waals surface area contributed by atoms with Gasteiger partial charge in [-0.3, -0.25) is 0 Å². The van der Waals surface area contributed by atoms with Crippen LogP contribution in [0.3, 0.4) is 0 Å². The summed E-state index contributed by atoms with van der Waals surface area (Å²) in [5.41, 5.74) is 6.26. The van der Waals surface area contributed by atoms with Gasteiger partial charge < -0.3 is 20.9 Å². The van der Waals surface area contributed by atoms with Gasteiger partial charge in [0.05, 0.1) is 19.8 Å². The molecule has 1 aromatic rings. The number of aliphatic hydroxyl groups is 1. The minimum Gasteiger partial charge on any atom is -0.497 e. The van der Waals surface area contributed by atoms with Crippen molar-refractivity contribution in [1.82, 2.24) is 5.32 Å². The van der Waals surface area contributed by atoms with E-state index in [1.54, 1.807) is 7.11 Å². The van der Waals surface area contributed by atoms with E-state index in [4.69, 9.17) is 27.8 Å². The van der Waals surface area contributed by atoms with E-state index in [-0.39, 0.29) is 17.8 Å². The third-order valence-corrected chi connectivity index (χ3v) is 2.14. The molecule has 0 aliphatic heterocycles. The minimum absolute atomic E-state index is 0.0658. The van der Waals surface area contributed by atoms with E-state index in [0.29, 0.717) is 0 Å². The number of thiocarbonyl (C=S) groups is 1. The highest BCUT2D eigenvalue weighted by molar-refractivity contribution is 7.80. The Bertz CT molecular complexity index is 327. The molecule has 0 aliphatic carbocycles. The number of methoxy groups -OCH3 is 1. The molecule has 0 aliphatic rings. The summed E-state index contributed by atoms with van der Waals surface area (Å²) in [4.78, 5) is 0. The third-order valence-electron chi connectivity index (χ3n) is 2.02.